The Bertz CT molecular complexity index is 513. The molecular weight excluding hydrogens is 248 g/mol. The fourth-order valence-electron chi connectivity index (χ4n) is 2.50. The lowest BCUT2D eigenvalue weighted by atomic mass is 9.86. The number of hydrogen-bond donors (Lipinski definition) is 1. The third-order valence-corrected chi connectivity index (χ3v) is 4.73. The highest BCUT2D eigenvalue weighted by atomic mass is 32.2. The summed E-state index contributed by atoms with van der Waals surface area (Å²) in [7, 11) is -3.23. The van der Waals surface area contributed by atoms with Gasteiger partial charge in [-0.3, -0.25) is 0 Å². The van der Waals surface area contributed by atoms with Crippen LogP contribution in [0.1, 0.15) is 32.6 Å². The minimum atomic E-state index is -3.23. The quantitative estimate of drug-likeness (QED) is 0.915. The molecule has 0 saturated heterocycles. The van der Waals surface area contributed by atoms with Crippen molar-refractivity contribution in [1.29, 1.82) is 0 Å². The van der Waals surface area contributed by atoms with E-state index in [1.54, 1.807) is 18.3 Å². The lowest BCUT2D eigenvalue weighted by Crippen LogP contribution is -2.31. The Kier molecular flexibility index (Phi) is 3.90. The summed E-state index contributed by atoms with van der Waals surface area (Å²) in [5, 5.41) is 3.32. The Morgan fingerprint density at radius 3 is 2.72 bits per heavy atom. The van der Waals surface area contributed by atoms with Gasteiger partial charge >= 0.3 is 0 Å². The van der Waals surface area contributed by atoms with Crippen LogP contribution in [0.15, 0.2) is 23.2 Å². The molecule has 4 nitrogen and oxygen atoms in total. The molecule has 100 valence electrons. The molecule has 2 rings (SSSR count). The van der Waals surface area contributed by atoms with Crippen LogP contribution < -0.4 is 5.32 Å². The van der Waals surface area contributed by atoms with Crippen LogP contribution in [0.2, 0.25) is 0 Å². The Labute approximate surface area is 109 Å². The van der Waals surface area contributed by atoms with E-state index in [9.17, 15) is 8.42 Å². The number of rotatable bonds is 3. The normalized spacial score (nSPS) is 24.8. The highest BCUT2D eigenvalue weighted by Gasteiger charge is 2.23. The van der Waals surface area contributed by atoms with Gasteiger partial charge in [0.25, 0.3) is 0 Å². The summed E-state index contributed by atoms with van der Waals surface area (Å²) in [5.41, 5.74) is 0. The van der Waals surface area contributed by atoms with Crippen molar-refractivity contribution in [2.45, 2.75) is 43.5 Å². The topological polar surface area (TPSA) is 59.1 Å². The van der Waals surface area contributed by atoms with Gasteiger partial charge in [0.2, 0.25) is 0 Å². The average Bonchev–Trinajstić information content (AvgIpc) is 2.31. The van der Waals surface area contributed by atoms with Gasteiger partial charge in [0.15, 0.2) is 9.84 Å². The second-order valence-electron chi connectivity index (χ2n) is 5.13. The first-order valence-corrected chi connectivity index (χ1v) is 8.29. The van der Waals surface area contributed by atoms with E-state index in [2.05, 4.69) is 17.2 Å². The van der Waals surface area contributed by atoms with Gasteiger partial charge < -0.3 is 5.32 Å². The second-order valence-corrected chi connectivity index (χ2v) is 7.12. The molecule has 1 aromatic rings. The van der Waals surface area contributed by atoms with Crippen LogP contribution in [0.4, 0.5) is 5.82 Å². The summed E-state index contributed by atoms with van der Waals surface area (Å²) in [5.74, 6) is 1.06. The van der Waals surface area contributed by atoms with Crippen molar-refractivity contribution < 1.29 is 8.42 Å². The number of sulfone groups is 1. The Morgan fingerprint density at radius 2 is 2.06 bits per heavy atom. The van der Waals surface area contributed by atoms with E-state index in [0.29, 0.717) is 22.7 Å². The highest BCUT2D eigenvalue weighted by Crippen LogP contribution is 2.28. The summed E-state index contributed by atoms with van der Waals surface area (Å²) >= 11 is 0. The molecule has 0 aliphatic heterocycles. The van der Waals surface area contributed by atoms with Crippen LogP contribution in [0.5, 0.6) is 0 Å². The maximum absolute atomic E-state index is 11.7. The Hall–Kier alpha value is -1.10. The SMILES string of the molecule is CC1CCCCC1Nc1ncccc1S(C)(=O)=O. The molecule has 0 spiro atoms. The molecule has 1 aliphatic carbocycles. The van der Waals surface area contributed by atoms with E-state index in [1.807, 2.05) is 0 Å². The minimum Gasteiger partial charge on any atom is -0.366 e. The van der Waals surface area contributed by atoms with Crippen LogP contribution in [0.25, 0.3) is 0 Å². The molecule has 0 radical (unpaired) electrons. The summed E-state index contributed by atoms with van der Waals surface area (Å²) in [6.45, 7) is 2.21. The van der Waals surface area contributed by atoms with E-state index in [4.69, 9.17) is 0 Å². The van der Waals surface area contributed by atoms with Gasteiger partial charge in [-0.2, -0.15) is 0 Å². The first kappa shape index (κ1) is 13.3. The third-order valence-electron chi connectivity index (χ3n) is 3.60. The van der Waals surface area contributed by atoms with Crippen LogP contribution >= 0.6 is 0 Å². The Morgan fingerprint density at radius 1 is 1.33 bits per heavy atom. The molecule has 0 aromatic carbocycles. The van der Waals surface area contributed by atoms with E-state index >= 15 is 0 Å². The summed E-state index contributed by atoms with van der Waals surface area (Å²) < 4.78 is 23.4. The largest absolute Gasteiger partial charge is 0.366 e. The second kappa shape index (κ2) is 5.26. The van der Waals surface area contributed by atoms with Gasteiger partial charge in [-0.05, 0) is 30.9 Å². The molecule has 1 heterocycles. The zero-order chi connectivity index (χ0) is 13.2. The van der Waals surface area contributed by atoms with Crippen molar-refractivity contribution in [3.05, 3.63) is 18.3 Å². The molecule has 1 aromatic heterocycles. The van der Waals surface area contributed by atoms with Crippen LogP contribution in [0, 0.1) is 5.92 Å². The van der Waals surface area contributed by atoms with Gasteiger partial charge in [-0.25, -0.2) is 13.4 Å². The van der Waals surface area contributed by atoms with Gasteiger partial charge in [-0.15, -0.1) is 0 Å². The predicted molar refractivity (Wildman–Crippen MR) is 72.4 cm³/mol. The smallest absolute Gasteiger partial charge is 0.179 e. The number of pyridine rings is 1. The third kappa shape index (κ3) is 3.02. The maximum Gasteiger partial charge on any atom is 0.179 e. The van der Waals surface area contributed by atoms with E-state index < -0.39 is 9.84 Å². The predicted octanol–water partition coefficient (Wildman–Crippen LogP) is 2.48. The minimum absolute atomic E-state index is 0.294. The van der Waals surface area contributed by atoms with Gasteiger partial charge in [-0.1, -0.05) is 19.8 Å². The summed E-state index contributed by atoms with van der Waals surface area (Å²) in [6, 6.07) is 3.60. The Balaban J connectivity index is 2.24. The summed E-state index contributed by atoms with van der Waals surface area (Å²) in [6.07, 6.45) is 7.59. The maximum atomic E-state index is 11.7. The van der Waals surface area contributed by atoms with E-state index in [0.717, 1.165) is 6.42 Å². The lowest BCUT2D eigenvalue weighted by molar-refractivity contribution is 0.348. The zero-order valence-electron chi connectivity index (χ0n) is 10.9. The highest BCUT2D eigenvalue weighted by molar-refractivity contribution is 7.90. The first-order valence-electron chi connectivity index (χ1n) is 6.40. The van der Waals surface area contributed by atoms with Crippen molar-refractivity contribution in [3.63, 3.8) is 0 Å². The van der Waals surface area contributed by atoms with Crippen LogP contribution in [-0.4, -0.2) is 25.7 Å². The van der Waals surface area contributed by atoms with Crippen LogP contribution in [-0.2, 0) is 9.84 Å². The molecule has 1 saturated carbocycles. The van der Waals surface area contributed by atoms with E-state index in [1.165, 1.54) is 25.5 Å². The van der Waals surface area contributed by atoms with E-state index in [-0.39, 0.29) is 0 Å². The lowest BCUT2D eigenvalue weighted by Gasteiger charge is -2.30. The molecule has 0 bridgehead atoms. The molecule has 0 amide bonds. The van der Waals surface area contributed by atoms with Crippen molar-refractivity contribution >= 4 is 15.7 Å². The van der Waals surface area contributed by atoms with Crippen LogP contribution in [0.3, 0.4) is 0 Å². The standard InChI is InChI=1S/C13H20N2O2S/c1-10-6-3-4-7-11(10)15-13-12(18(2,16)17)8-5-9-14-13/h5,8-11H,3-4,6-7H2,1-2H3,(H,14,15). The zero-order valence-corrected chi connectivity index (χ0v) is 11.7. The molecule has 1 N–H and O–H groups in total. The monoisotopic (exact) mass is 268 g/mol. The molecule has 2 unspecified atom stereocenters. The van der Waals surface area contributed by atoms with Gasteiger partial charge in [0, 0.05) is 18.5 Å². The van der Waals surface area contributed by atoms with Gasteiger partial charge in [0.05, 0.1) is 0 Å². The fourth-order valence-corrected chi connectivity index (χ4v) is 3.29. The molecule has 1 aliphatic rings. The fraction of sp³-hybridized carbons (Fsp3) is 0.615. The average molecular weight is 268 g/mol. The van der Waals surface area contributed by atoms with Crippen molar-refractivity contribution in [2.75, 3.05) is 11.6 Å². The number of hydrogen-bond acceptors (Lipinski definition) is 4. The van der Waals surface area contributed by atoms with Crippen molar-refractivity contribution in [2.24, 2.45) is 5.92 Å². The first-order chi connectivity index (χ1) is 8.48. The summed E-state index contributed by atoms with van der Waals surface area (Å²) in [4.78, 5) is 4.48. The molecule has 5 heteroatoms. The van der Waals surface area contributed by atoms with Crippen molar-refractivity contribution in [1.82, 2.24) is 4.98 Å². The molecule has 18 heavy (non-hydrogen) atoms. The molecule has 2 atom stereocenters. The number of nitrogens with one attached hydrogen (secondary N) is 1. The number of nitrogens with zero attached hydrogens (tertiary/aromatic N) is 1. The number of aromatic nitrogens is 1. The number of anilines is 1. The van der Waals surface area contributed by atoms with Crippen molar-refractivity contribution in [3.8, 4) is 0 Å². The van der Waals surface area contributed by atoms with Gasteiger partial charge in [0.1, 0.15) is 10.7 Å². The molecular formula is C13H20N2O2S. The molecule has 1 fully saturated rings.